The lowest BCUT2D eigenvalue weighted by Gasteiger charge is -2.28. The highest BCUT2D eigenvalue weighted by Gasteiger charge is 2.21. The van der Waals surface area contributed by atoms with Crippen molar-refractivity contribution in [2.45, 2.75) is 6.10 Å². The van der Waals surface area contributed by atoms with E-state index in [0.29, 0.717) is 26.8 Å². The predicted octanol–water partition coefficient (Wildman–Crippen LogP) is 0.859. The van der Waals surface area contributed by atoms with Crippen LogP contribution in [0.4, 0.5) is 10.5 Å². The van der Waals surface area contributed by atoms with E-state index < -0.39 is 6.09 Å². The van der Waals surface area contributed by atoms with Crippen LogP contribution >= 0.6 is 34.8 Å². The molecule has 0 aliphatic rings. The van der Waals surface area contributed by atoms with Crippen molar-refractivity contribution in [1.29, 1.82) is 0 Å². The molecule has 120 valence electrons. The summed E-state index contributed by atoms with van der Waals surface area (Å²) in [5, 5.41) is 3.38. The molecule has 0 spiro atoms. The van der Waals surface area contributed by atoms with Crippen molar-refractivity contribution in [1.82, 2.24) is 0 Å². The molecule has 0 aliphatic carbocycles. The van der Waals surface area contributed by atoms with Gasteiger partial charge in [0.25, 0.3) is 0 Å². The molecule has 1 aromatic carbocycles. The topological polar surface area (TPSA) is 38.3 Å². The van der Waals surface area contributed by atoms with Gasteiger partial charge in [-0.1, -0.05) is 23.2 Å². The van der Waals surface area contributed by atoms with Crippen molar-refractivity contribution < 1.29 is 26.4 Å². The maximum atomic E-state index is 11.8. The van der Waals surface area contributed by atoms with E-state index in [2.05, 4.69) is 5.32 Å². The number of benzene rings is 1. The first-order valence-electron chi connectivity index (χ1n) is 6.00. The molecule has 0 radical (unpaired) electrons. The van der Waals surface area contributed by atoms with Crippen molar-refractivity contribution >= 4 is 46.6 Å². The van der Waals surface area contributed by atoms with Crippen LogP contribution in [0.5, 0.6) is 0 Å². The molecule has 0 saturated carbocycles. The second-order valence-corrected chi connectivity index (χ2v) is 6.53. The third-order valence-electron chi connectivity index (χ3n) is 2.36. The van der Waals surface area contributed by atoms with Gasteiger partial charge in [-0.3, -0.25) is 5.32 Å². The summed E-state index contributed by atoms with van der Waals surface area (Å²) in [6.45, 7) is 0.623. The van der Waals surface area contributed by atoms with E-state index in [9.17, 15) is 4.79 Å². The Morgan fingerprint density at radius 1 is 1.29 bits per heavy atom. The minimum atomic E-state index is -0.567. The smallest absolute Gasteiger partial charge is 0.412 e. The van der Waals surface area contributed by atoms with E-state index in [-0.39, 0.29) is 24.4 Å². The van der Waals surface area contributed by atoms with E-state index in [1.807, 2.05) is 21.1 Å². The minimum absolute atomic E-state index is 0. The molecule has 1 rings (SSSR count). The number of halogens is 4. The maximum Gasteiger partial charge on any atom is 0.412 e. The number of rotatable bonds is 5. The van der Waals surface area contributed by atoms with Crippen LogP contribution in [0, 0.1) is 0 Å². The molecule has 1 N–H and O–H groups in total. The zero-order valence-electron chi connectivity index (χ0n) is 12.0. The number of hydrogen-bond donors (Lipinski definition) is 1. The number of hydrogen-bond acceptors (Lipinski definition) is 2. The van der Waals surface area contributed by atoms with Crippen LogP contribution in [0.1, 0.15) is 0 Å². The van der Waals surface area contributed by atoms with Crippen molar-refractivity contribution in [2.75, 3.05) is 38.9 Å². The van der Waals surface area contributed by atoms with Crippen molar-refractivity contribution in [3.05, 3.63) is 28.2 Å². The molecule has 21 heavy (non-hydrogen) atoms. The first-order valence-corrected chi connectivity index (χ1v) is 7.29. The Kier molecular flexibility index (Phi) is 8.74. The third-order valence-corrected chi connectivity index (χ3v) is 3.45. The summed E-state index contributed by atoms with van der Waals surface area (Å²) in [5.74, 6) is 0.240. The van der Waals surface area contributed by atoms with Gasteiger partial charge < -0.3 is 21.6 Å². The minimum Gasteiger partial charge on any atom is -1.00 e. The summed E-state index contributed by atoms with van der Waals surface area (Å²) in [6, 6.07) is 4.80. The Hall–Kier alpha value is -0.390. The van der Waals surface area contributed by atoms with E-state index in [1.54, 1.807) is 18.2 Å². The van der Waals surface area contributed by atoms with Crippen LogP contribution in [0.15, 0.2) is 18.2 Å². The van der Waals surface area contributed by atoms with E-state index in [4.69, 9.17) is 39.5 Å². The normalized spacial score (nSPS) is 12.3. The monoisotopic (exact) mass is 374 g/mol. The van der Waals surface area contributed by atoms with Gasteiger partial charge >= 0.3 is 6.09 Å². The van der Waals surface area contributed by atoms with Gasteiger partial charge in [0.15, 0.2) is 6.10 Å². The van der Waals surface area contributed by atoms with Crippen LogP contribution in [-0.4, -0.2) is 50.2 Å². The number of alkyl halides is 1. The molecule has 0 unspecified atom stereocenters. The van der Waals surface area contributed by atoms with E-state index in [1.165, 1.54) is 0 Å². The summed E-state index contributed by atoms with van der Waals surface area (Å²) in [6.07, 6.45) is -0.929. The highest BCUT2D eigenvalue weighted by Crippen LogP contribution is 2.25. The molecule has 1 amide bonds. The molecule has 1 aromatic rings. The van der Waals surface area contributed by atoms with Gasteiger partial charge in [0.2, 0.25) is 0 Å². The van der Waals surface area contributed by atoms with E-state index in [0.717, 1.165) is 0 Å². The Morgan fingerprint density at radius 2 is 1.90 bits per heavy atom. The Balaban J connectivity index is 0.00000400. The molecular formula is C13H18Cl4N2O2. The second kappa shape index (κ2) is 8.91. The molecule has 0 fully saturated rings. The number of carbonyl (C=O) groups is 1. The van der Waals surface area contributed by atoms with Gasteiger partial charge in [-0.05, 0) is 18.2 Å². The van der Waals surface area contributed by atoms with Gasteiger partial charge in [0, 0.05) is 5.69 Å². The number of anilines is 1. The van der Waals surface area contributed by atoms with Crippen molar-refractivity contribution in [2.24, 2.45) is 0 Å². The van der Waals surface area contributed by atoms with Gasteiger partial charge in [-0.25, -0.2) is 4.79 Å². The lowest BCUT2D eigenvalue weighted by Crippen LogP contribution is -3.00. The number of nitrogens with zero attached hydrogens (tertiary/aromatic N) is 1. The van der Waals surface area contributed by atoms with Gasteiger partial charge in [0.1, 0.15) is 6.54 Å². The zero-order chi connectivity index (χ0) is 15.3. The number of likely N-dealkylation sites (N-methyl/N-ethyl adjacent to an activating group) is 1. The first kappa shape index (κ1) is 20.6. The highest BCUT2D eigenvalue weighted by atomic mass is 35.5. The molecule has 0 heterocycles. The van der Waals surface area contributed by atoms with Crippen molar-refractivity contribution in [3.8, 4) is 0 Å². The summed E-state index contributed by atoms with van der Waals surface area (Å²) in [4.78, 5) is 11.8. The van der Waals surface area contributed by atoms with Crippen LogP contribution in [0.3, 0.4) is 0 Å². The number of amides is 1. The molecule has 4 nitrogen and oxygen atoms in total. The third kappa shape index (κ3) is 7.98. The number of quaternary nitrogens is 1. The SMILES string of the molecule is C[N+](C)(C)C[C@@H](CCl)OC(=O)Nc1ccc(Cl)c(Cl)c1.[Cl-]. The fourth-order valence-electron chi connectivity index (χ4n) is 1.60. The maximum absolute atomic E-state index is 11.8. The summed E-state index contributed by atoms with van der Waals surface area (Å²) < 4.78 is 5.93. The summed E-state index contributed by atoms with van der Waals surface area (Å²) in [7, 11) is 6.00. The summed E-state index contributed by atoms with van der Waals surface area (Å²) in [5.41, 5.74) is 0.517. The first-order chi connectivity index (χ1) is 9.21. The van der Waals surface area contributed by atoms with Crippen LogP contribution < -0.4 is 17.7 Å². The van der Waals surface area contributed by atoms with Crippen LogP contribution in [0.25, 0.3) is 0 Å². The largest absolute Gasteiger partial charge is 1.00 e. The molecule has 0 bridgehead atoms. The molecular weight excluding hydrogens is 358 g/mol. The number of nitrogens with one attached hydrogen (secondary N) is 1. The number of ether oxygens (including phenoxy) is 1. The van der Waals surface area contributed by atoms with Gasteiger partial charge in [0.05, 0.1) is 37.1 Å². The Labute approximate surface area is 146 Å². The van der Waals surface area contributed by atoms with Crippen molar-refractivity contribution in [3.63, 3.8) is 0 Å². The zero-order valence-corrected chi connectivity index (χ0v) is 15.0. The Morgan fingerprint density at radius 3 is 2.38 bits per heavy atom. The molecule has 1 atom stereocenters. The predicted molar refractivity (Wildman–Crippen MR) is 84.0 cm³/mol. The quantitative estimate of drug-likeness (QED) is 0.612. The average molecular weight is 376 g/mol. The Bertz CT molecular complexity index is 478. The van der Waals surface area contributed by atoms with Crippen LogP contribution in [0.2, 0.25) is 10.0 Å². The van der Waals surface area contributed by atoms with Gasteiger partial charge in [-0.15, -0.1) is 11.6 Å². The summed E-state index contributed by atoms with van der Waals surface area (Å²) >= 11 is 17.5. The fraction of sp³-hybridized carbons (Fsp3) is 0.462. The van der Waals surface area contributed by atoms with E-state index >= 15 is 0 Å². The average Bonchev–Trinajstić information content (AvgIpc) is 2.31. The van der Waals surface area contributed by atoms with Crippen LogP contribution in [-0.2, 0) is 4.74 Å². The second-order valence-electron chi connectivity index (χ2n) is 5.41. The highest BCUT2D eigenvalue weighted by molar-refractivity contribution is 6.42. The molecule has 0 aliphatic heterocycles. The lowest BCUT2D eigenvalue weighted by atomic mass is 10.3. The standard InChI is InChI=1S/C13H17Cl3N2O2.ClH/c1-18(2,3)8-10(7-14)20-13(19)17-9-4-5-11(15)12(16)6-9;/h4-6,10H,7-8H2,1-3H3;1H/t10-;/m1./s1. The molecule has 0 saturated heterocycles. The fourth-order valence-corrected chi connectivity index (χ4v) is 2.06. The lowest BCUT2D eigenvalue weighted by molar-refractivity contribution is -0.873. The number of carbonyl (C=O) groups excluding carboxylic acids is 1. The molecule has 8 heteroatoms. The van der Waals surface area contributed by atoms with Gasteiger partial charge in [-0.2, -0.15) is 0 Å². The molecule has 0 aromatic heterocycles.